The average molecular weight is 229 g/mol. The summed E-state index contributed by atoms with van der Waals surface area (Å²) >= 11 is 0. The molecule has 0 spiro atoms. The maximum absolute atomic E-state index is 11.3. The minimum Gasteiger partial charge on any atom is -0.519 e. The zero-order valence-corrected chi connectivity index (χ0v) is 11.0. The van der Waals surface area contributed by atoms with Gasteiger partial charge >= 0.3 is 5.97 Å². The molecule has 0 aromatic rings. The van der Waals surface area contributed by atoms with Crippen molar-refractivity contribution in [1.29, 1.82) is 0 Å². The molecule has 1 N–H and O–H groups in total. The van der Waals surface area contributed by atoms with E-state index in [0.717, 1.165) is 0 Å². The topological polar surface area (TPSA) is 55.4 Å². The molecule has 0 fully saturated rings. The van der Waals surface area contributed by atoms with Crippen molar-refractivity contribution in [2.24, 2.45) is 0 Å². The standard InChI is InChI=1S/C10H19NO3Si/c1-6-8(2)10(13)11-7-9(12)14-15(3,4)5/h6H,7H2,1-5H3,(H,11,13)/b8-6+. The summed E-state index contributed by atoms with van der Waals surface area (Å²) in [5.41, 5.74) is 0.593. The first-order valence-electron chi connectivity index (χ1n) is 4.89. The fourth-order valence-corrected chi connectivity index (χ4v) is 1.56. The van der Waals surface area contributed by atoms with Crippen LogP contribution in [0.25, 0.3) is 0 Å². The SMILES string of the molecule is C/C=C(\C)C(=O)NCC(=O)O[Si](C)(C)C. The quantitative estimate of drug-likeness (QED) is 0.586. The monoisotopic (exact) mass is 229 g/mol. The van der Waals surface area contributed by atoms with Gasteiger partial charge in [0.1, 0.15) is 6.54 Å². The number of rotatable bonds is 4. The number of allylic oxidation sites excluding steroid dienone is 1. The highest BCUT2D eigenvalue weighted by Gasteiger charge is 2.19. The molecule has 0 bridgehead atoms. The Labute approximate surface area is 91.8 Å². The van der Waals surface area contributed by atoms with Crippen LogP contribution in [0.5, 0.6) is 0 Å². The van der Waals surface area contributed by atoms with E-state index in [0.29, 0.717) is 5.57 Å². The summed E-state index contributed by atoms with van der Waals surface area (Å²) in [5, 5.41) is 2.50. The van der Waals surface area contributed by atoms with Crippen molar-refractivity contribution in [3.63, 3.8) is 0 Å². The van der Waals surface area contributed by atoms with Gasteiger partial charge in [-0.15, -0.1) is 0 Å². The highest BCUT2D eigenvalue weighted by atomic mass is 28.4. The zero-order chi connectivity index (χ0) is 12.1. The van der Waals surface area contributed by atoms with Crippen molar-refractivity contribution in [3.8, 4) is 0 Å². The molecule has 0 saturated heterocycles. The normalized spacial score (nSPS) is 12.2. The minimum atomic E-state index is -1.84. The summed E-state index contributed by atoms with van der Waals surface area (Å²) in [7, 11) is -1.84. The van der Waals surface area contributed by atoms with Gasteiger partial charge in [-0.05, 0) is 33.5 Å². The lowest BCUT2D eigenvalue weighted by molar-refractivity contribution is -0.135. The van der Waals surface area contributed by atoms with E-state index in [2.05, 4.69) is 5.32 Å². The Hall–Kier alpha value is -1.10. The van der Waals surface area contributed by atoms with Crippen LogP contribution in [-0.2, 0) is 14.0 Å². The van der Waals surface area contributed by atoms with Crippen molar-refractivity contribution in [2.45, 2.75) is 33.5 Å². The second kappa shape index (κ2) is 5.70. The van der Waals surface area contributed by atoms with Crippen LogP contribution >= 0.6 is 0 Å². The van der Waals surface area contributed by atoms with Crippen LogP contribution < -0.4 is 5.32 Å². The minimum absolute atomic E-state index is 0.0612. The Kier molecular flexibility index (Phi) is 5.28. The summed E-state index contributed by atoms with van der Waals surface area (Å²) < 4.78 is 5.17. The lowest BCUT2D eigenvalue weighted by Gasteiger charge is -2.17. The summed E-state index contributed by atoms with van der Waals surface area (Å²) in [6, 6.07) is 0. The van der Waals surface area contributed by atoms with Crippen molar-refractivity contribution < 1.29 is 14.0 Å². The van der Waals surface area contributed by atoms with Crippen molar-refractivity contribution in [2.75, 3.05) is 6.54 Å². The Morgan fingerprint density at radius 1 is 1.33 bits per heavy atom. The third kappa shape index (κ3) is 6.90. The molecular formula is C10H19NO3Si. The highest BCUT2D eigenvalue weighted by molar-refractivity contribution is 6.71. The van der Waals surface area contributed by atoms with Crippen LogP contribution in [0, 0.1) is 0 Å². The molecule has 5 heteroatoms. The first-order valence-corrected chi connectivity index (χ1v) is 8.30. The molecule has 0 rings (SSSR count). The van der Waals surface area contributed by atoms with Gasteiger partial charge in [-0.25, -0.2) is 0 Å². The van der Waals surface area contributed by atoms with Crippen LogP contribution in [0.15, 0.2) is 11.6 Å². The average Bonchev–Trinajstić information content (AvgIpc) is 2.10. The molecule has 0 aliphatic rings. The van der Waals surface area contributed by atoms with E-state index in [1.165, 1.54) is 0 Å². The van der Waals surface area contributed by atoms with Gasteiger partial charge in [0.2, 0.25) is 14.2 Å². The molecule has 0 heterocycles. The van der Waals surface area contributed by atoms with E-state index in [-0.39, 0.29) is 18.4 Å². The number of hydrogen-bond acceptors (Lipinski definition) is 3. The number of carbonyl (C=O) groups is 2. The molecule has 0 radical (unpaired) electrons. The second-order valence-electron chi connectivity index (χ2n) is 4.24. The molecule has 15 heavy (non-hydrogen) atoms. The van der Waals surface area contributed by atoms with E-state index in [1.54, 1.807) is 19.9 Å². The molecule has 1 amide bonds. The molecule has 0 aromatic heterocycles. The third-order valence-electron chi connectivity index (χ3n) is 1.60. The fourth-order valence-electron chi connectivity index (χ4n) is 0.801. The van der Waals surface area contributed by atoms with Gasteiger partial charge in [-0.2, -0.15) is 0 Å². The summed E-state index contributed by atoms with van der Waals surface area (Å²) in [6.07, 6.45) is 1.69. The number of amides is 1. The Bertz CT molecular complexity index is 279. The second-order valence-corrected chi connectivity index (χ2v) is 8.67. The van der Waals surface area contributed by atoms with Gasteiger partial charge in [-0.3, -0.25) is 9.59 Å². The smallest absolute Gasteiger partial charge is 0.312 e. The van der Waals surface area contributed by atoms with Gasteiger partial charge in [-0.1, -0.05) is 6.08 Å². The fraction of sp³-hybridized carbons (Fsp3) is 0.600. The largest absolute Gasteiger partial charge is 0.519 e. The molecular weight excluding hydrogens is 210 g/mol. The predicted molar refractivity (Wildman–Crippen MR) is 61.9 cm³/mol. The van der Waals surface area contributed by atoms with Crippen LogP contribution in [0.4, 0.5) is 0 Å². The van der Waals surface area contributed by atoms with Gasteiger partial charge < -0.3 is 9.74 Å². The van der Waals surface area contributed by atoms with Crippen molar-refractivity contribution in [3.05, 3.63) is 11.6 Å². The summed E-state index contributed by atoms with van der Waals surface area (Å²) in [5.74, 6) is -0.601. The molecule has 4 nitrogen and oxygen atoms in total. The lowest BCUT2D eigenvalue weighted by Crippen LogP contribution is -2.37. The molecule has 0 unspecified atom stereocenters. The van der Waals surface area contributed by atoms with Crippen LogP contribution in [-0.4, -0.2) is 26.7 Å². The maximum Gasteiger partial charge on any atom is 0.312 e. The molecule has 0 aliphatic carbocycles. The summed E-state index contributed by atoms with van der Waals surface area (Å²) in [4.78, 5) is 22.5. The van der Waals surface area contributed by atoms with Crippen molar-refractivity contribution >= 4 is 20.2 Å². The van der Waals surface area contributed by atoms with E-state index in [4.69, 9.17) is 4.43 Å². The Morgan fingerprint density at radius 2 is 1.87 bits per heavy atom. The highest BCUT2D eigenvalue weighted by Crippen LogP contribution is 2.02. The number of carbonyl (C=O) groups excluding carboxylic acids is 2. The molecule has 86 valence electrons. The number of nitrogens with one attached hydrogen (secondary N) is 1. The molecule has 0 saturated carbocycles. The first-order chi connectivity index (χ1) is 6.76. The predicted octanol–water partition coefficient (Wildman–Crippen LogP) is 1.45. The molecule has 0 aliphatic heterocycles. The number of hydrogen-bond donors (Lipinski definition) is 1. The van der Waals surface area contributed by atoms with E-state index >= 15 is 0 Å². The van der Waals surface area contributed by atoms with Crippen LogP contribution in [0.3, 0.4) is 0 Å². The van der Waals surface area contributed by atoms with Gasteiger partial charge in [0.05, 0.1) is 0 Å². The van der Waals surface area contributed by atoms with Gasteiger partial charge in [0.25, 0.3) is 0 Å². The third-order valence-corrected chi connectivity index (χ3v) is 2.44. The van der Waals surface area contributed by atoms with E-state index in [1.807, 2.05) is 19.6 Å². The zero-order valence-electron chi connectivity index (χ0n) is 10.0. The van der Waals surface area contributed by atoms with Gasteiger partial charge in [0.15, 0.2) is 0 Å². The van der Waals surface area contributed by atoms with E-state index in [9.17, 15) is 9.59 Å². The first kappa shape index (κ1) is 13.9. The maximum atomic E-state index is 11.3. The van der Waals surface area contributed by atoms with Crippen LogP contribution in [0.2, 0.25) is 19.6 Å². The van der Waals surface area contributed by atoms with Crippen molar-refractivity contribution in [1.82, 2.24) is 5.32 Å². The Balaban J connectivity index is 3.98. The van der Waals surface area contributed by atoms with Crippen LogP contribution in [0.1, 0.15) is 13.8 Å². The summed E-state index contributed by atoms with van der Waals surface area (Å²) in [6.45, 7) is 9.17. The van der Waals surface area contributed by atoms with E-state index < -0.39 is 8.32 Å². The Morgan fingerprint density at radius 3 is 2.27 bits per heavy atom. The van der Waals surface area contributed by atoms with Gasteiger partial charge in [0, 0.05) is 5.57 Å². The molecule has 0 aromatic carbocycles. The molecule has 0 atom stereocenters. The lowest BCUT2D eigenvalue weighted by atomic mass is 10.3.